The van der Waals surface area contributed by atoms with Crippen molar-refractivity contribution in [1.29, 1.82) is 0 Å². The van der Waals surface area contributed by atoms with Crippen LogP contribution in [-0.4, -0.2) is 39.2 Å². The number of nitrogens with zero attached hydrogens (tertiary/aromatic N) is 3. The van der Waals surface area contributed by atoms with Crippen LogP contribution < -0.4 is 0 Å². The summed E-state index contributed by atoms with van der Waals surface area (Å²) in [5, 5.41) is 10.2. The zero-order valence-electron chi connectivity index (χ0n) is 20.0. The molecule has 0 amide bonds. The minimum absolute atomic E-state index is 0.181. The fourth-order valence-electron chi connectivity index (χ4n) is 5.68. The highest BCUT2D eigenvalue weighted by Gasteiger charge is 2.27. The van der Waals surface area contributed by atoms with Gasteiger partial charge in [0.2, 0.25) is 0 Å². The summed E-state index contributed by atoms with van der Waals surface area (Å²) in [6, 6.07) is 18.7. The number of halogens is 1. The fourth-order valence-corrected chi connectivity index (χ4v) is 5.68. The number of benzene rings is 2. The zero-order chi connectivity index (χ0) is 23.9. The van der Waals surface area contributed by atoms with Gasteiger partial charge >= 0.3 is 0 Å². The molecule has 0 radical (unpaired) electrons. The lowest BCUT2D eigenvalue weighted by molar-refractivity contribution is 0.0727. The minimum Gasteiger partial charge on any atom is -0.508 e. The van der Waals surface area contributed by atoms with E-state index < -0.39 is 0 Å². The highest BCUT2D eigenvalue weighted by Crippen LogP contribution is 2.41. The van der Waals surface area contributed by atoms with Crippen LogP contribution in [0.5, 0.6) is 5.75 Å². The van der Waals surface area contributed by atoms with Gasteiger partial charge < -0.3 is 9.51 Å². The summed E-state index contributed by atoms with van der Waals surface area (Å²) < 4.78 is 14.9. The van der Waals surface area contributed by atoms with Gasteiger partial charge in [-0.25, -0.2) is 4.98 Å². The third-order valence-electron chi connectivity index (χ3n) is 7.44. The number of allylic oxidation sites excluding steroid dienone is 1. The molecule has 1 fully saturated rings. The highest BCUT2D eigenvalue weighted by molar-refractivity contribution is 6.00. The molecule has 2 aromatic carbocycles. The van der Waals surface area contributed by atoms with Crippen LogP contribution in [0, 0.1) is 12.8 Å². The molecule has 178 valence electrons. The summed E-state index contributed by atoms with van der Waals surface area (Å²) in [5.41, 5.74) is 10.6. The van der Waals surface area contributed by atoms with E-state index in [2.05, 4.69) is 71.1 Å². The number of likely N-dealkylation sites (tertiary alicyclic amines) is 1. The van der Waals surface area contributed by atoms with E-state index in [0.29, 0.717) is 5.75 Å². The van der Waals surface area contributed by atoms with E-state index in [0.717, 1.165) is 55.8 Å². The van der Waals surface area contributed by atoms with Gasteiger partial charge in [-0.1, -0.05) is 30.3 Å². The number of pyridine rings is 1. The number of aryl methyl sites for hydroxylation is 2. The second-order valence-electron chi connectivity index (χ2n) is 9.99. The highest BCUT2D eigenvalue weighted by atomic mass is 19.1. The van der Waals surface area contributed by atoms with Gasteiger partial charge in [0.1, 0.15) is 11.4 Å². The molecule has 1 aliphatic carbocycles. The van der Waals surface area contributed by atoms with E-state index in [1.165, 1.54) is 33.4 Å². The summed E-state index contributed by atoms with van der Waals surface area (Å²) in [4.78, 5) is 7.16. The summed E-state index contributed by atoms with van der Waals surface area (Å²) in [7, 11) is 0. The second-order valence-corrected chi connectivity index (χ2v) is 9.99. The number of phenols is 1. The van der Waals surface area contributed by atoms with Crippen molar-refractivity contribution in [3.8, 4) is 5.75 Å². The monoisotopic (exact) mass is 467 g/mol. The molecular formula is C30H30FN3O. The van der Waals surface area contributed by atoms with Crippen molar-refractivity contribution in [3.05, 3.63) is 101 Å². The molecule has 1 N–H and O–H groups in total. The minimum atomic E-state index is -0.234. The summed E-state index contributed by atoms with van der Waals surface area (Å²) in [6.07, 6.45) is 7.13. The van der Waals surface area contributed by atoms with Crippen LogP contribution in [0.1, 0.15) is 46.4 Å². The van der Waals surface area contributed by atoms with Crippen LogP contribution in [0.15, 0.2) is 67.0 Å². The quantitative estimate of drug-likeness (QED) is 0.389. The number of hydrogen-bond acceptors (Lipinski definition) is 3. The Balaban J connectivity index is 1.46. The first-order valence-electron chi connectivity index (χ1n) is 12.5. The van der Waals surface area contributed by atoms with Crippen molar-refractivity contribution in [3.63, 3.8) is 0 Å². The Morgan fingerprint density at radius 1 is 1.03 bits per heavy atom. The van der Waals surface area contributed by atoms with Gasteiger partial charge in [-0.05, 0) is 89.4 Å². The number of fused-ring (bicyclic) bond motifs is 2. The summed E-state index contributed by atoms with van der Waals surface area (Å²) in [5.74, 6) is 0.497. The molecule has 1 aliphatic heterocycles. The van der Waals surface area contributed by atoms with Gasteiger partial charge in [-0.3, -0.25) is 9.29 Å². The van der Waals surface area contributed by atoms with Crippen LogP contribution in [0.2, 0.25) is 0 Å². The Morgan fingerprint density at radius 3 is 2.71 bits per heavy atom. The van der Waals surface area contributed by atoms with Crippen LogP contribution in [0.4, 0.5) is 4.39 Å². The first-order chi connectivity index (χ1) is 17.1. The fraction of sp³-hybridized carbons (Fsp3) is 0.300. The molecule has 0 bridgehead atoms. The Bertz CT molecular complexity index is 1430. The van der Waals surface area contributed by atoms with Crippen molar-refractivity contribution in [1.82, 2.24) is 14.3 Å². The summed E-state index contributed by atoms with van der Waals surface area (Å²) >= 11 is 0. The Morgan fingerprint density at radius 2 is 1.89 bits per heavy atom. The number of aromatic nitrogens is 2. The maximum Gasteiger partial charge on any atom is 0.137 e. The molecule has 4 aromatic rings. The predicted molar refractivity (Wildman–Crippen MR) is 138 cm³/mol. The molecule has 2 aromatic heterocycles. The van der Waals surface area contributed by atoms with Gasteiger partial charge in [-0.15, -0.1) is 0 Å². The molecule has 0 atom stereocenters. The molecular weight excluding hydrogens is 437 g/mol. The van der Waals surface area contributed by atoms with Gasteiger partial charge in [0, 0.05) is 37.9 Å². The van der Waals surface area contributed by atoms with Crippen molar-refractivity contribution in [2.24, 2.45) is 5.92 Å². The number of rotatable bonds is 5. The summed E-state index contributed by atoms with van der Waals surface area (Å²) in [6.45, 7) is 4.32. The number of alkyl halides is 1. The average Bonchev–Trinajstić information content (AvgIpc) is 3.14. The molecule has 0 spiro atoms. The lowest BCUT2D eigenvalue weighted by Gasteiger charge is -2.37. The molecule has 0 saturated carbocycles. The average molecular weight is 468 g/mol. The molecule has 35 heavy (non-hydrogen) atoms. The largest absolute Gasteiger partial charge is 0.508 e. The lowest BCUT2D eigenvalue weighted by Crippen LogP contribution is -2.46. The van der Waals surface area contributed by atoms with Crippen LogP contribution in [0.25, 0.3) is 16.8 Å². The van der Waals surface area contributed by atoms with E-state index in [1.807, 2.05) is 6.07 Å². The SMILES string of the molecule is Cc1ccccc1C1=C(c2ccn3cc(CN4CC(CF)C4)nc3c2)c2ccc(O)cc2CCC1. The zero-order valence-corrected chi connectivity index (χ0v) is 20.0. The Hall–Kier alpha value is -3.44. The maximum absolute atomic E-state index is 12.8. The third kappa shape index (κ3) is 4.14. The van der Waals surface area contributed by atoms with E-state index >= 15 is 0 Å². The van der Waals surface area contributed by atoms with Crippen molar-refractivity contribution in [2.45, 2.75) is 32.7 Å². The van der Waals surface area contributed by atoms with Gasteiger partial charge in [0.25, 0.3) is 0 Å². The molecule has 0 unspecified atom stereocenters. The van der Waals surface area contributed by atoms with Gasteiger partial charge in [-0.2, -0.15) is 0 Å². The molecule has 2 aliphatic rings. The standard InChI is InChI=1S/C30H30FN3O/c1-20-5-2-3-7-26(20)28-8-4-6-22-13-25(35)9-10-27(22)30(28)23-11-12-34-19-24(32-29(34)14-23)18-33-16-21(15-31)17-33/h2-3,5,7,9-14,19,21,35H,4,6,8,15-18H2,1H3. The maximum atomic E-state index is 12.8. The number of aromatic hydroxyl groups is 1. The number of hydrogen-bond donors (Lipinski definition) is 1. The Labute approximate surface area is 205 Å². The van der Waals surface area contributed by atoms with Crippen molar-refractivity contribution < 1.29 is 9.50 Å². The van der Waals surface area contributed by atoms with E-state index in [-0.39, 0.29) is 12.6 Å². The normalized spacial score (nSPS) is 16.9. The third-order valence-corrected chi connectivity index (χ3v) is 7.44. The second kappa shape index (κ2) is 8.97. The molecule has 5 heteroatoms. The number of phenolic OH excluding ortho intramolecular Hbond substituents is 1. The first-order valence-corrected chi connectivity index (χ1v) is 12.5. The van der Waals surface area contributed by atoms with Crippen molar-refractivity contribution in [2.75, 3.05) is 19.8 Å². The topological polar surface area (TPSA) is 40.8 Å². The van der Waals surface area contributed by atoms with Crippen molar-refractivity contribution >= 4 is 16.8 Å². The lowest BCUT2D eigenvalue weighted by atomic mass is 9.87. The molecule has 1 saturated heterocycles. The van der Waals surface area contributed by atoms with E-state index in [1.54, 1.807) is 6.07 Å². The molecule has 6 rings (SSSR count). The smallest absolute Gasteiger partial charge is 0.137 e. The predicted octanol–water partition coefficient (Wildman–Crippen LogP) is 6.05. The Kier molecular flexibility index (Phi) is 5.65. The number of imidazole rings is 1. The van der Waals surface area contributed by atoms with E-state index in [4.69, 9.17) is 4.98 Å². The van der Waals surface area contributed by atoms with Crippen LogP contribution in [0.3, 0.4) is 0 Å². The van der Waals surface area contributed by atoms with Crippen LogP contribution >= 0.6 is 0 Å². The van der Waals surface area contributed by atoms with E-state index in [9.17, 15) is 9.50 Å². The molecule has 4 nitrogen and oxygen atoms in total. The molecule has 3 heterocycles. The first kappa shape index (κ1) is 22.1. The van der Waals surface area contributed by atoms with Gasteiger partial charge in [0.05, 0.1) is 12.4 Å². The van der Waals surface area contributed by atoms with Gasteiger partial charge in [0.15, 0.2) is 0 Å². The van der Waals surface area contributed by atoms with Crippen LogP contribution in [-0.2, 0) is 13.0 Å².